The van der Waals surface area contributed by atoms with Crippen molar-refractivity contribution in [2.45, 2.75) is 19.1 Å². The van der Waals surface area contributed by atoms with Crippen LogP contribution in [0, 0.1) is 0 Å². The Kier molecular flexibility index (Phi) is 8.57. The van der Waals surface area contributed by atoms with E-state index in [2.05, 4.69) is 30.3 Å². The molecule has 0 heterocycles. The largest absolute Gasteiger partial charge is 0.493 e. The zero-order valence-electron chi connectivity index (χ0n) is 20.7. The van der Waals surface area contributed by atoms with E-state index >= 15 is 0 Å². The Morgan fingerprint density at radius 1 is 0.806 bits per heavy atom. The summed E-state index contributed by atoms with van der Waals surface area (Å²) in [5.41, 5.74) is 1.91. The van der Waals surface area contributed by atoms with Crippen molar-refractivity contribution in [3.05, 3.63) is 114 Å². The Balaban J connectivity index is 1.42. The van der Waals surface area contributed by atoms with E-state index in [1.54, 1.807) is 0 Å². The Hall–Kier alpha value is -2.99. The summed E-state index contributed by atoms with van der Waals surface area (Å²) < 4.78 is 29.8. The molecule has 0 saturated heterocycles. The number of nitrogens with zero attached hydrogens (tertiary/aromatic N) is 1. The van der Waals surface area contributed by atoms with Crippen LogP contribution < -0.4 is 4.74 Å². The predicted molar refractivity (Wildman–Crippen MR) is 142 cm³/mol. The molecule has 0 aliphatic heterocycles. The minimum Gasteiger partial charge on any atom is -0.493 e. The smallest absolute Gasteiger partial charge is 0.476 e. The molecule has 0 aliphatic rings. The van der Waals surface area contributed by atoms with Gasteiger partial charge in [0.1, 0.15) is 11.8 Å². The molecule has 4 aromatic rings. The minimum atomic E-state index is -4.23. The summed E-state index contributed by atoms with van der Waals surface area (Å²) >= 11 is 0. The van der Waals surface area contributed by atoms with Gasteiger partial charge in [-0.05, 0) is 17.0 Å². The molecule has 2 atom stereocenters. The fourth-order valence-corrected chi connectivity index (χ4v) is 5.11. The third-order valence-corrected chi connectivity index (χ3v) is 7.11. The van der Waals surface area contributed by atoms with Crippen LogP contribution in [0.4, 0.5) is 0 Å². The fourth-order valence-electron chi connectivity index (χ4n) is 4.28. The van der Waals surface area contributed by atoms with Gasteiger partial charge in [0.15, 0.2) is 6.73 Å². The molecule has 0 amide bonds. The van der Waals surface area contributed by atoms with Crippen LogP contribution in [0.5, 0.6) is 5.75 Å². The van der Waals surface area contributed by atoms with Gasteiger partial charge in [-0.15, -0.1) is 0 Å². The number of benzene rings is 4. The molecule has 1 N–H and O–H groups in total. The number of phosphoric ester groups is 1. The Labute approximate surface area is 212 Å². The molecule has 0 aromatic heterocycles. The number of fused-ring (bicyclic) bond motifs is 1. The summed E-state index contributed by atoms with van der Waals surface area (Å²) in [4.78, 5) is 10.3. The molecule has 2 unspecified atom stereocenters. The van der Waals surface area contributed by atoms with Gasteiger partial charge in [-0.1, -0.05) is 97.1 Å². The van der Waals surface area contributed by atoms with E-state index in [1.165, 1.54) is 0 Å². The first-order chi connectivity index (χ1) is 17.3. The number of phosphoric acid groups is 1. The molecule has 0 bridgehead atoms. The van der Waals surface area contributed by atoms with E-state index in [9.17, 15) is 9.46 Å². The van der Waals surface area contributed by atoms with Crippen molar-refractivity contribution in [2.75, 3.05) is 27.4 Å². The molecule has 36 heavy (non-hydrogen) atoms. The maximum absolute atomic E-state index is 12.6. The molecular formula is C29H33NO5P+. The van der Waals surface area contributed by atoms with E-state index in [4.69, 9.17) is 13.8 Å². The highest BCUT2D eigenvalue weighted by Crippen LogP contribution is 2.45. The van der Waals surface area contributed by atoms with Crippen molar-refractivity contribution in [1.82, 2.24) is 0 Å². The lowest BCUT2D eigenvalue weighted by Crippen LogP contribution is -2.45. The van der Waals surface area contributed by atoms with Gasteiger partial charge in [0.25, 0.3) is 0 Å². The van der Waals surface area contributed by atoms with Gasteiger partial charge in [0.05, 0.1) is 27.3 Å². The first-order valence-corrected chi connectivity index (χ1v) is 13.5. The maximum Gasteiger partial charge on any atom is 0.476 e. The van der Waals surface area contributed by atoms with Crippen LogP contribution in [0.1, 0.15) is 23.6 Å². The predicted octanol–water partition coefficient (Wildman–Crippen LogP) is 6.72. The van der Waals surface area contributed by atoms with Gasteiger partial charge < -0.3 is 9.63 Å². The highest BCUT2D eigenvalue weighted by molar-refractivity contribution is 7.47. The Bertz CT molecular complexity index is 1290. The maximum atomic E-state index is 12.6. The number of hydrogen-bond acceptors (Lipinski definition) is 4. The highest BCUT2D eigenvalue weighted by Gasteiger charge is 2.34. The average molecular weight is 507 g/mol. The topological polar surface area (TPSA) is 65.0 Å². The second kappa shape index (κ2) is 11.8. The van der Waals surface area contributed by atoms with E-state index < -0.39 is 7.82 Å². The van der Waals surface area contributed by atoms with Crippen molar-refractivity contribution < 1.29 is 27.7 Å². The molecule has 0 spiro atoms. The van der Waals surface area contributed by atoms with Crippen LogP contribution in [0.2, 0.25) is 0 Å². The lowest BCUT2D eigenvalue weighted by Gasteiger charge is -2.38. The normalized spacial score (nSPS) is 14.3. The second-order valence-electron chi connectivity index (χ2n) is 9.31. The highest BCUT2D eigenvalue weighted by atomic mass is 31.2. The molecular weight excluding hydrogens is 473 g/mol. The van der Waals surface area contributed by atoms with Crippen molar-refractivity contribution in [2.24, 2.45) is 0 Å². The summed E-state index contributed by atoms with van der Waals surface area (Å²) in [6, 6.07) is 33.5. The van der Waals surface area contributed by atoms with Crippen molar-refractivity contribution >= 4 is 18.6 Å². The van der Waals surface area contributed by atoms with Crippen molar-refractivity contribution in [3.63, 3.8) is 0 Å². The van der Waals surface area contributed by atoms with Gasteiger partial charge in [-0.2, -0.15) is 0 Å². The van der Waals surface area contributed by atoms with Gasteiger partial charge >= 0.3 is 7.82 Å². The number of hydrogen-bond donors (Lipinski definition) is 1. The van der Waals surface area contributed by atoms with E-state index in [0.717, 1.165) is 27.6 Å². The van der Waals surface area contributed by atoms with E-state index in [1.807, 2.05) is 86.9 Å². The van der Waals surface area contributed by atoms with E-state index in [0.29, 0.717) is 17.5 Å². The van der Waals surface area contributed by atoms with Gasteiger partial charge in [0.2, 0.25) is 0 Å². The third-order valence-electron chi connectivity index (χ3n) is 6.22. The summed E-state index contributed by atoms with van der Waals surface area (Å²) in [5, 5.41) is 2.21. The van der Waals surface area contributed by atoms with Crippen molar-refractivity contribution in [3.8, 4) is 5.75 Å². The van der Waals surface area contributed by atoms with Gasteiger partial charge in [-0.3, -0.25) is 9.01 Å². The quantitative estimate of drug-likeness (QED) is 0.131. The molecule has 188 valence electrons. The first kappa shape index (κ1) is 26.1. The Morgan fingerprint density at radius 2 is 1.44 bits per heavy atom. The number of quaternary nitrogens is 1. The third kappa shape index (κ3) is 7.03. The van der Waals surface area contributed by atoms with Crippen molar-refractivity contribution in [1.29, 1.82) is 0 Å². The molecule has 7 heteroatoms. The molecule has 0 aliphatic carbocycles. The summed E-state index contributed by atoms with van der Waals surface area (Å²) in [6.07, 6.45) is 0.685. The van der Waals surface area contributed by atoms with Gasteiger partial charge in [0, 0.05) is 17.4 Å². The standard InChI is InChI=1S/C29H32NO5P/c1-30(2,23-35-36(31,32)34-22-24-12-5-3-6-13-24)28(26-15-7-4-8-16-26)20-21-33-29-19-11-17-25-14-9-10-18-27(25)29/h3-19,28H,20-23H2,1-2H3/p+1. The van der Waals surface area contributed by atoms with Crippen LogP contribution >= 0.6 is 7.82 Å². The van der Waals surface area contributed by atoms with Crippen LogP contribution in [-0.2, 0) is 20.2 Å². The van der Waals surface area contributed by atoms with Crippen LogP contribution in [-0.4, -0.2) is 36.8 Å². The Morgan fingerprint density at radius 3 is 2.19 bits per heavy atom. The fraction of sp³-hybridized carbons (Fsp3) is 0.241. The lowest BCUT2D eigenvalue weighted by molar-refractivity contribution is -0.936. The first-order valence-electron chi connectivity index (χ1n) is 12.0. The molecule has 0 radical (unpaired) electrons. The number of rotatable bonds is 12. The molecule has 4 aromatic carbocycles. The lowest BCUT2D eigenvalue weighted by atomic mass is 10.0. The minimum absolute atomic E-state index is 0.00301. The molecule has 6 nitrogen and oxygen atoms in total. The zero-order valence-corrected chi connectivity index (χ0v) is 21.6. The zero-order chi connectivity index (χ0) is 25.4. The monoisotopic (exact) mass is 506 g/mol. The van der Waals surface area contributed by atoms with Crippen LogP contribution in [0.3, 0.4) is 0 Å². The summed E-state index contributed by atoms with van der Waals surface area (Å²) in [6.45, 7) is 0.482. The SMILES string of the molecule is C[N+](C)(COP(=O)(O)OCc1ccccc1)C(CCOc1cccc2ccccc12)c1ccccc1. The molecule has 0 saturated carbocycles. The molecule has 0 fully saturated rings. The second-order valence-corrected chi connectivity index (χ2v) is 10.8. The molecule has 4 rings (SSSR count). The van der Waals surface area contributed by atoms with Crippen LogP contribution in [0.15, 0.2) is 103 Å². The summed E-state index contributed by atoms with van der Waals surface area (Å²) in [5.74, 6) is 0.843. The number of ether oxygens (including phenoxy) is 1. The van der Waals surface area contributed by atoms with Gasteiger partial charge in [-0.25, -0.2) is 9.09 Å². The van der Waals surface area contributed by atoms with Crippen LogP contribution in [0.25, 0.3) is 10.8 Å². The van der Waals surface area contributed by atoms with E-state index in [-0.39, 0.29) is 19.4 Å². The summed E-state index contributed by atoms with van der Waals surface area (Å²) in [7, 11) is -0.276. The average Bonchev–Trinajstić information content (AvgIpc) is 2.90.